The van der Waals surface area contributed by atoms with E-state index in [0.29, 0.717) is 6.54 Å². The number of carbonyl (C=O) groups excluding carboxylic acids is 1. The number of hydrogen-bond acceptors (Lipinski definition) is 5. The van der Waals surface area contributed by atoms with Crippen LogP contribution in [0.5, 0.6) is 11.5 Å². The number of benzene rings is 2. The Hall–Kier alpha value is -3.58. The van der Waals surface area contributed by atoms with Gasteiger partial charge in [0, 0.05) is 30.9 Å². The zero-order valence-electron chi connectivity index (χ0n) is 18.9. The number of anilines is 1. The molecule has 2 atom stereocenters. The highest BCUT2D eigenvalue weighted by atomic mass is 35.5. The van der Waals surface area contributed by atoms with Gasteiger partial charge in [-0.2, -0.15) is 0 Å². The van der Waals surface area contributed by atoms with Gasteiger partial charge < -0.3 is 19.9 Å². The van der Waals surface area contributed by atoms with Crippen LogP contribution in [0.1, 0.15) is 19.8 Å². The third-order valence-corrected chi connectivity index (χ3v) is 6.19. The van der Waals surface area contributed by atoms with Crippen molar-refractivity contribution in [3.63, 3.8) is 0 Å². The molecule has 2 N–H and O–H groups in total. The molecule has 3 heterocycles. The van der Waals surface area contributed by atoms with E-state index >= 15 is 0 Å². The van der Waals surface area contributed by atoms with E-state index in [1.165, 1.54) is 0 Å². The van der Waals surface area contributed by atoms with Crippen LogP contribution in [0.3, 0.4) is 0 Å². The summed E-state index contributed by atoms with van der Waals surface area (Å²) in [5, 5.41) is 3.95. The van der Waals surface area contributed by atoms with Crippen LogP contribution in [-0.4, -0.2) is 50.3 Å². The Kier molecular flexibility index (Phi) is 6.36. The molecule has 0 saturated carbocycles. The molecule has 2 unspecified atom stereocenters. The predicted molar refractivity (Wildman–Crippen MR) is 134 cm³/mol. The van der Waals surface area contributed by atoms with Crippen molar-refractivity contribution in [1.82, 2.24) is 19.9 Å². The van der Waals surface area contributed by atoms with Crippen LogP contribution >= 0.6 is 11.6 Å². The van der Waals surface area contributed by atoms with Gasteiger partial charge in [0.25, 0.3) is 0 Å². The molecule has 7 nitrogen and oxygen atoms in total. The molecule has 2 aromatic heterocycles. The monoisotopic (exact) mass is 475 g/mol. The van der Waals surface area contributed by atoms with Crippen molar-refractivity contribution in [2.24, 2.45) is 0 Å². The number of carbonyl (C=O) groups is 1. The van der Waals surface area contributed by atoms with Crippen molar-refractivity contribution in [2.45, 2.75) is 31.2 Å². The molecule has 0 spiro atoms. The summed E-state index contributed by atoms with van der Waals surface area (Å²) in [7, 11) is 0. The number of ether oxygens (including phenoxy) is 1. The molecule has 174 valence electrons. The number of amides is 1. The molecule has 34 heavy (non-hydrogen) atoms. The molecule has 1 aliphatic heterocycles. The molecule has 1 saturated heterocycles. The lowest BCUT2D eigenvalue weighted by Crippen LogP contribution is -2.47. The van der Waals surface area contributed by atoms with Gasteiger partial charge in [0.15, 0.2) is 0 Å². The number of alkyl halides is 1. The third kappa shape index (κ3) is 4.70. The molecule has 1 amide bonds. The number of rotatable bonds is 6. The fraction of sp³-hybridized carbons (Fsp3) is 0.269. The molecule has 0 bridgehead atoms. The average Bonchev–Trinajstić information content (AvgIpc) is 3.30. The number of nitrogens with one attached hydrogen (secondary N) is 2. The van der Waals surface area contributed by atoms with Crippen molar-refractivity contribution in [1.29, 1.82) is 0 Å². The van der Waals surface area contributed by atoms with Gasteiger partial charge in [-0.1, -0.05) is 30.3 Å². The Labute approximate surface area is 203 Å². The second-order valence-electron chi connectivity index (χ2n) is 8.47. The predicted octanol–water partition coefficient (Wildman–Crippen LogP) is 5.45. The zero-order valence-corrected chi connectivity index (χ0v) is 19.6. The van der Waals surface area contributed by atoms with E-state index in [2.05, 4.69) is 20.3 Å². The molecule has 1 fully saturated rings. The van der Waals surface area contributed by atoms with E-state index in [9.17, 15) is 4.79 Å². The van der Waals surface area contributed by atoms with E-state index in [4.69, 9.17) is 16.3 Å². The van der Waals surface area contributed by atoms with Crippen LogP contribution < -0.4 is 10.1 Å². The minimum Gasteiger partial charge on any atom is -0.457 e. The maximum atomic E-state index is 12.4. The summed E-state index contributed by atoms with van der Waals surface area (Å²) in [6.07, 6.45) is 5.36. The fourth-order valence-electron chi connectivity index (χ4n) is 4.39. The highest BCUT2D eigenvalue weighted by molar-refractivity contribution is 6.30. The van der Waals surface area contributed by atoms with Crippen molar-refractivity contribution in [3.8, 4) is 22.6 Å². The number of hydrogen-bond donors (Lipinski definition) is 2. The summed E-state index contributed by atoms with van der Waals surface area (Å²) in [6, 6.07) is 17.8. The summed E-state index contributed by atoms with van der Waals surface area (Å²) < 4.78 is 6.03. The highest BCUT2D eigenvalue weighted by Crippen LogP contribution is 2.35. The average molecular weight is 476 g/mol. The van der Waals surface area contributed by atoms with E-state index in [-0.39, 0.29) is 11.9 Å². The Balaban J connectivity index is 1.43. The number of nitrogens with zero attached hydrogens (tertiary/aromatic N) is 3. The lowest BCUT2D eigenvalue weighted by Gasteiger charge is -2.34. The SMILES string of the molecule is CC(Cl)C(=O)N1CCCC(Nc2ncnc3[nH]cc(-c4cccc(Oc5ccccc5)c4)c23)C1. The number of fused-ring (bicyclic) bond motifs is 1. The van der Waals surface area contributed by atoms with Gasteiger partial charge >= 0.3 is 0 Å². The first kappa shape index (κ1) is 22.2. The standard InChI is InChI=1S/C26H26ClN5O2/c1-17(27)26(33)32-12-6-8-19(15-32)31-25-23-22(14-28-24(23)29-16-30-25)18-7-5-11-21(13-18)34-20-9-3-2-4-10-20/h2-5,7,9-11,13-14,16-17,19H,6,8,12,15H2,1H3,(H2,28,29,30,31). The first-order valence-electron chi connectivity index (χ1n) is 11.4. The second kappa shape index (κ2) is 9.73. The maximum absolute atomic E-state index is 12.4. The lowest BCUT2D eigenvalue weighted by molar-refractivity contribution is -0.131. The van der Waals surface area contributed by atoms with Gasteiger partial charge in [-0.05, 0) is 49.6 Å². The van der Waals surface area contributed by atoms with Crippen molar-refractivity contribution in [2.75, 3.05) is 18.4 Å². The Bertz CT molecular complexity index is 1290. The van der Waals surface area contributed by atoms with Gasteiger partial charge in [0.05, 0.1) is 5.39 Å². The Morgan fingerprint density at radius 3 is 2.82 bits per heavy atom. The first-order chi connectivity index (χ1) is 16.6. The molecule has 0 radical (unpaired) electrons. The molecule has 0 aliphatic carbocycles. The third-order valence-electron chi connectivity index (χ3n) is 6.01. The van der Waals surface area contributed by atoms with Gasteiger partial charge in [0.1, 0.15) is 34.7 Å². The van der Waals surface area contributed by atoms with Crippen molar-refractivity contribution >= 4 is 34.4 Å². The van der Waals surface area contributed by atoms with Crippen LogP contribution in [0.4, 0.5) is 5.82 Å². The Morgan fingerprint density at radius 1 is 1.18 bits per heavy atom. The zero-order chi connectivity index (χ0) is 23.5. The van der Waals surface area contributed by atoms with Gasteiger partial charge in [0.2, 0.25) is 5.91 Å². The summed E-state index contributed by atoms with van der Waals surface area (Å²) in [5.41, 5.74) is 2.73. The number of likely N-dealkylation sites (tertiary alicyclic amines) is 1. The minimum absolute atomic E-state index is 0.0291. The number of piperidine rings is 1. The topological polar surface area (TPSA) is 83.1 Å². The molecule has 2 aromatic carbocycles. The number of aromatic nitrogens is 3. The van der Waals surface area contributed by atoms with Gasteiger partial charge in [-0.25, -0.2) is 9.97 Å². The van der Waals surface area contributed by atoms with E-state index in [1.54, 1.807) is 13.3 Å². The quantitative estimate of drug-likeness (QED) is 0.362. The summed E-state index contributed by atoms with van der Waals surface area (Å²) in [4.78, 5) is 26.5. The van der Waals surface area contributed by atoms with E-state index in [1.807, 2.05) is 65.7 Å². The number of halogens is 1. The van der Waals surface area contributed by atoms with Crippen LogP contribution in [0.2, 0.25) is 0 Å². The van der Waals surface area contributed by atoms with Gasteiger partial charge in [-0.3, -0.25) is 4.79 Å². The summed E-state index contributed by atoms with van der Waals surface area (Å²) in [6.45, 7) is 3.05. The van der Waals surface area contributed by atoms with Crippen molar-refractivity contribution < 1.29 is 9.53 Å². The normalized spacial score (nSPS) is 16.9. The second-order valence-corrected chi connectivity index (χ2v) is 9.13. The van der Waals surface area contributed by atoms with E-state index in [0.717, 1.165) is 58.9 Å². The van der Waals surface area contributed by atoms with Crippen LogP contribution in [0.25, 0.3) is 22.2 Å². The largest absolute Gasteiger partial charge is 0.457 e. The molecule has 4 aromatic rings. The number of para-hydroxylation sites is 1. The first-order valence-corrected chi connectivity index (χ1v) is 11.9. The lowest BCUT2D eigenvalue weighted by atomic mass is 10.0. The highest BCUT2D eigenvalue weighted by Gasteiger charge is 2.27. The summed E-state index contributed by atoms with van der Waals surface area (Å²) in [5.74, 6) is 2.25. The number of aromatic amines is 1. The van der Waals surface area contributed by atoms with Crippen LogP contribution in [0.15, 0.2) is 67.1 Å². The molecule has 5 rings (SSSR count). The van der Waals surface area contributed by atoms with Crippen LogP contribution in [0, 0.1) is 0 Å². The fourth-order valence-corrected chi connectivity index (χ4v) is 4.53. The summed E-state index contributed by atoms with van der Waals surface area (Å²) >= 11 is 6.04. The molecule has 8 heteroatoms. The number of H-pyrrole nitrogens is 1. The minimum atomic E-state index is -0.522. The van der Waals surface area contributed by atoms with Crippen molar-refractivity contribution in [3.05, 3.63) is 67.1 Å². The maximum Gasteiger partial charge on any atom is 0.240 e. The Morgan fingerprint density at radius 2 is 2.00 bits per heavy atom. The van der Waals surface area contributed by atoms with E-state index < -0.39 is 5.38 Å². The smallest absolute Gasteiger partial charge is 0.240 e. The van der Waals surface area contributed by atoms with Crippen LogP contribution in [-0.2, 0) is 4.79 Å². The van der Waals surface area contributed by atoms with Gasteiger partial charge in [-0.15, -0.1) is 11.6 Å². The molecular formula is C26H26ClN5O2. The molecule has 1 aliphatic rings. The molecular weight excluding hydrogens is 450 g/mol.